The first-order valence-electron chi connectivity index (χ1n) is 6.58. The number of nitrogens with one attached hydrogen (secondary N) is 1. The zero-order chi connectivity index (χ0) is 13.0. The van der Waals surface area contributed by atoms with Crippen molar-refractivity contribution >= 4 is 11.4 Å². The van der Waals surface area contributed by atoms with Crippen LogP contribution in [0.15, 0.2) is 18.2 Å². The minimum atomic E-state index is 0.627. The van der Waals surface area contributed by atoms with Crippen LogP contribution < -0.4 is 15.8 Å². The summed E-state index contributed by atoms with van der Waals surface area (Å²) in [5.41, 5.74) is 7.55. The number of anilines is 2. The van der Waals surface area contributed by atoms with Gasteiger partial charge in [-0.25, -0.2) is 0 Å². The molecule has 1 aliphatic heterocycles. The first-order chi connectivity index (χ1) is 8.70. The Morgan fingerprint density at radius 2 is 2.28 bits per heavy atom. The molecule has 1 aromatic carbocycles. The number of hydrogen-bond donors (Lipinski definition) is 2. The molecule has 4 nitrogen and oxygen atoms in total. The van der Waals surface area contributed by atoms with Crippen molar-refractivity contribution in [2.75, 3.05) is 38.3 Å². The number of nitrogen functional groups attached to an aromatic ring is 1. The van der Waals surface area contributed by atoms with Crippen LogP contribution in [-0.2, 0) is 0 Å². The van der Waals surface area contributed by atoms with E-state index in [0.29, 0.717) is 11.7 Å². The number of nitrogens with two attached hydrogens (primary N) is 1. The zero-order valence-corrected chi connectivity index (χ0v) is 11.3. The highest BCUT2D eigenvalue weighted by molar-refractivity contribution is 5.61. The molecule has 1 aromatic rings. The Kier molecular flexibility index (Phi) is 4.31. The molecule has 2 rings (SSSR count). The lowest BCUT2D eigenvalue weighted by Crippen LogP contribution is -2.40. The van der Waals surface area contributed by atoms with E-state index in [0.717, 1.165) is 18.0 Å². The highest BCUT2D eigenvalue weighted by atomic mass is 16.5. The third-order valence-corrected chi connectivity index (χ3v) is 3.70. The van der Waals surface area contributed by atoms with Crippen LogP contribution in [0, 0.1) is 0 Å². The lowest BCUT2D eigenvalue weighted by atomic mass is 10.0. The van der Waals surface area contributed by atoms with Crippen LogP contribution in [0.1, 0.15) is 19.3 Å². The van der Waals surface area contributed by atoms with E-state index in [1.54, 1.807) is 7.11 Å². The number of rotatable bonds is 4. The number of nitrogens with zero attached hydrogens (tertiary/aromatic N) is 1. The van der Waals surface area contributed by atoms with E-state index in [2.05, 4.69) is 17.3 Å². The molecule has 0 saturated carbocycles. The second-order valence-corrected chi connectivity index (χ2v) is 4.97. The Balaban J connectivity index is 1.93. The zero-order valence-electron chi connectivity index (χ0n) is 11.3. The molecular formula is C14H23N3O. The Morgan fingerprint density at radius 1 is 1.44 bits per heavy atom. The number of methoxy groups -OCH3 is 1. The summed E-state index contributed by atoms with van der Waals surface area (Å²) in [6.45, 7) is 2.18. The van der Waals surface area contributed by atoms with Crippen molar-refractivity contribution in [3.05, 3.63) is 18.2 Å². The number of likely N-dealkylation sites (N-methyl/N-ethyl adjacent to an activating group) is 1. The first-order valence-corrected chi connectivity index (χ1v) is 6.58. The summed E-state index contributed by atoms with van der Waals surface area (Å²) >= 11 is 0. The number of piperidine rings is 1. The smallest absolute Gasteiger partial charge is 0.143 e. The van der Waals surface area contributed by atoms with Gasteiger partial charge in [0.15, 0.2) is 0 Å². The predicted molar refractivity (Wildman–Crippen MR) is 76.2 cm³/mol. The van der Waals surface area contributed by atoms with Gasteiger partial charge in [-0.05, 0) is 38.6 Å². The van der Waals surface area contributed by atoms with Gasteiger partial charge in [-0.15, -0.1) is 0 Å². The fraction of sp³-hybridized carbons (Fsp3) is 0.571. The molecule has 0 radical (unpaired) electrons. The second kappa shape index (κ2) is 5.96. The van der Waals surface area contributed by atoms with Crippen molar-refractivity contribution in [3.8, 4) is 5.75 Å². The summed E-state index contributed by atoms with van der Waals surface area (Å²) in [4.78, 5) is 2.44. The normalized spacial score (nSPS) is 20.7. The Morgan fingerprint density at radius 3 is 3.00 bits per heavy atom. The molecule has 1 aliphatic rings. The highest BCUT2D eigenvalue weighted by Gasteiger charge is 2.18. The largest absolute Gasteiger partial charge is 0.495 e. The first kappa shape index (κ1) is 13.0. The fourth-order valence-corrected chi connectivity index (χ4v) is 2.46. The number of ether oxygens (including phenoxy) is 1. The molecule has 3 N–H and O–H groups in total. The van der Waals surface area contributed by atoms with E-state index in [1.165, 1.54) is 25.8 Å². The molecule has 1 saturated heterocycles. The summed E-state index contributed by atoms with van der Waals surface area (Å²) < 4.78 is 5.22. The SMILES string of the molecule is COc1cc(NCC2CCCCN2C)ccc1N. The van der Waals surface area contributed by atoms with Crippen LogP contribution in [-0.4, -0.2) is 38.2 Å². The maximum atomic E-state index is 5.80. The number of likely N-dealkylation sites (tertiary alicyclic amines) is 1. The summed E-state index contributed by atoms with van der Waals surface area (Å²) in [7, 11) is 3.85. The lowest BCUT2D eigenvalue weighted by Gasteiger charge is -2.32. The van der Waals surface area contributed by atoms with Gasteiger partial charge >= 0.3 is 0 Å². The maximum Gasteiger partial charge on any atom is 0.143 e. The summed E-state index contributed by atoms with van der Waals surface area (Å²) in [5.74, 6) is 0.733. The molecule has 18 heavy (non-hydrogen) atoms. The average molecular weight is 249 g/mol. The molecule has 1 unspecified atom stereocenters. The van der Waals surface area contributed by atoms with Gasteiger partial charge in [0.25, 0.3) is 0 Å². The Labute approximate surface area is 109 Å². The summed E-state index contributed by atoms with van der Waals surface area (Å²) in [6, 6.07) is 6.47. The molecule has 0 aliphatic carbocycles. The van der Waals surface area contributed by atoms with E-state index < -0.39 is 0 Å². The van der Waals surface area contributed by atoms with Gasteiger partial charge in [0.1, 0.15) is 5.75 Å². The van der Waals surface area contributed by atoms with E-state index in [1.807, 2.05) is 18.2 Å². The molecule has 1 fully saturated rings. The van der Waals surface area contributed by atoms with E-state index in [-0.39, 0.29) is 0 Å². The van der Waals surface area contributed by atoms with Crippen molar-refractivity contribution in [3.63, 3.8) is 0 Å². The molecule has 1 atom stereocenters. The maximum absolute atomic E-state index is 5.80. The molecule has 0 amide bonds. The topological polar surface area (TPSA) is 50.5 Å². The molecule has 0 bridgehead atoms. The van der Waals surface area contributed by atoms with Gasteiger partial charge in [-0.3, -0.25) is 0 Å². The molecule has 0 aromatic heterocycles. The third-order valence-electron chi connectivity index (χ3n) is 3.70. The standard InChI is InChI=1S/C14H23N3O/c1-17-8-4-3-5-12(17)10-16-11-6-7-13(15)14(9-11)18-2/h6-7,9,12,16H,3-5,8,10,15H2,1-2H3. The van der Waals surface area contributed by atoms with Gasteiger partial charge in [0.05, 0.1) is 12.8 Å². The van der Waals surface area contributed by atoms with Gasteiger partial charge in [-0.1, -0.05) is 6.42 Å². The number of benzene rings is 1. The van der Waals surface area contributed by atoms with Crippen LogP contribution >= 0.6 is 0 Å². The Bertz CT molecular complexity index is 395. The molecule has 4 heteroatoms. The van der Waals surface area contributed by atoms with Gasteiger partial charge in [0, 0.05) is 24.3 Å². The fourth-order valence-electron chi connectivity index (χ4n) is 2.46. The minimum absolute atomic E-state index is 0.627. The predicted octanol–water partition coefficient (Wildman–Crippen LogP) is 2.17. The quantitative estimate of drug-likeness (QED) is 0.803. The van der Waals surface area contributed by atoms with Crippen LogP contribution in [0.3, 0.4) is 0 Å². The van der Waals surface area contributed by atoms with Crippen molar-refractivity contribution in [1.82, 2.24) is 4.90 Å². The third kappa shape index (κ3) is 3.07. The molecule has 100 valence electrons. The van der Waals surface area contributed by atoms with Crippen molar-refractivity contribution in [2.45, 2.75) is 25.3 Å². The number of hydrogen-bond acceptors (Lipinski definition) is 4. The lowest BCUT2D eigenvalue weighted by molar-refractivity contribution is 0.194. The summed E-state index contributed by atoms with van der Waals surface area (Å²) in [6.07, 6.45) is 3.93. The van der Waals surface area contributed by atoms with Gasteiger partial charge in [-0.2, -0.15) is 0 Å². The van der Waals surface area contributed by atoms with E-state index in [9.17, 15) is 0 Å². The monoisotopic (exact) mass is 249 g/mol. The van der Waals surface area contributed by atoms with Crippen LogP contribution in [0.2, 0.25) is 0 Å². The van der Waals surface area contributed by atoms with E-state index in [4.69, 9.17) is 10.5 Å². The molecule has 0 spiro atoms. The van der Waals surface area contributed by atoms with Crippen molar-refractivity contribution < 1.29 is 4.74 Å². The van der Waals surface area contributed by atoms with Crippen LogP contribution in [0.4, 0.5) is 11.4 Å². The second-order valence-electron chi connectivity index (χ2n) is 4.97. The molecule has 1 heterocycles. The van der Waals surface area contributed by atoms with Crippen molar-refractivity contribution in [2.24, 2.45) is 0 Å². The minimum Gasteiger partial charge on any atom is -0.495 e. The highest BCUT2D eigenvalue weighted by Crippen LogP contribution is 2.25. The van der Waals surface area contributed by atoms with E-state index >= 15 is 0 Å². The van der Waals surface area contributed by atoms with Gasteiger partial charge in [0.2, 0.25) is 0 Å². The van der Waals surface area contributed by atoms with Crippen LogP contribution in [0.25, 0.3) is 0 Å². The van der Waals surface area contributed by atoms with Crippen molar-refractivity contribution in [1.29, 1.82) is 0 Å². The van der Waals surface area contributed by atoms with Crippen LogP contribution in [0.5, 0.6) is 5.75 Å². The summed E-state index contributed by atoms with van der Waals surface area (Å²) in [5, 5.41) is 3.47. The Hall–Kier alpha value is -1.42. The average Bonchev–Trinajstić information content (AvgIpc) is 2.39. The molecular weight excluding hydrogens is 226 g/mol. The van der Waals surface area contributed by atoms with Gasteiger partial charge < -0.3 is 20.7 Å².